The molecule has 3 amide bonds. The summed E-state index contributed by atoms with van der Waals surface area (Å²) in [6.07, 6.45) is 0.222. The van der Waals surface area contributed by atoms with Crippen LogP contribution in [-0.4, -0.2) is 54.0 Å². The van der Waals surface area contributed by atoms with E-state index in [1.807, 2.05) is 44.2 Å². The summed E-state index contributed by atoms with van der Waals surface area (Å²) in [5, 5.41) is 2.90. The van der Waals surface area contributed by atoms with Gasteiger partial charge in [0, 0.05) is 32.0 Å². The quantitative estimate of drug-likeness (QED) is 0.380. The number of sulfonamides is 1. The van der Waals surface area contributed by atoms with Gasteiger partial charge in [0.1, 0.15) is 16.8 Å². The smallest absolute Gasteiger partial charge is 0.269 e. The first-order chi connectivity index (χ1) is 19.1. The van der Waals surface area contributed by atoms with Gasteiger partial charge in [-0.15, -0.1) is 0 Å². The summed E-state index contributed by atoms with van der Waals surface area (Å²) in [7, 11) is -3.99. The van der Waals surface area contributed by atoms with Crippen LogP contribution in [-0.2, 0) is 32.6 Å². The lowest BCUT2D eigenvalue weighted by Crippen LogP contribution is -2.51. The molecule has 0 bridgehead atoms. The van der Waals surface area contributed by atoms with Crippen LogP contribution in [0, 0.1) is 5.82 Å². The van der Waals surface area contributed by atoms with E-state index in [1.165, 1.54) is 29.2 Å². The molecule has 0 saturated carbocycles. The van der Waals surface area contributed by atoms with Crippen molar-refractivity contribution < 1.29 is 27.2 Å². The van der Waals surface area contributed by atoms with Gasteiger partial charge in [0.25, 0.3) is 15.9 Å². The fourth-order valence-electron chi connectivity index (χ4n) is 4.69. The van der Waals surface area contributed by atoms with E-state index in [4.69, 9.17) is 0 Å². The Morgan fingerprint density at radius 1 is 0.925 bits per heavy atom. The monoisotopic (exact) mass is 565 g/mol. The Balaban J connectivity index is 1.56. The van der Waals surface area contributed by atoms with Crippen molar-refractivity contribution in [1.82, 2.24) is 14.5 Å². The number of nitrogens with zero attached hydrogens (tertiary/aromatic N) is 2. The zero-order valence-corrected chi connectivity index (χ0v) is 23.2. The van der Waals surface area contributed by atoms with Crippen molar-refractivity contribution in [1.29, 1.82) is 0 Å². The van der Waals surface area contributed by atoms with Gasteiger partial charge in [0.15, 0.2) is 0 Å². The highest BCUT2D eigenvalue weighted by Crippen LogP contribution is 2.30. The highest BCUT2D eigenvalue weighted by atomic mass is 32.2. The number of carbonyl (C=O) groups is 3. The molecule has 0 saturated heterocycles. The molecule has 1 aliphatic rings. The van der Waals surface area contributed by atoms with Crippen LogP contribution >= 0.6 is 0 Å². The maximum atomic E-state index is 13.7. The highest BCUT2D eigenvalue weighted by Gasteiger charge is 2.40. The summed E-state index contributed by atoms with van der Waals surface area (Å²) in [6.45, 7) is 3.53. The molecule has 1 heterocycles. The number of halogens is 1. The first-order valence-corrected chi connectivity index (χ1v) is 14.6. The number of hydrogen-bond acceptors (Lipinski definition) is 5. The Bertz CT molecular complexity index is 1480. The third kappa shape index (κ3) is 6.56. The van der Waals surface area contributed by atoms with Crippen LogP contribution in [0.4, 0.5) is 4.39 Å². The summed E-state index contributed by atoms with van der Waals surface area (Å²) in [5.41, 5.74) is 1.60. The predicted octanol–water partition coefficient (Wildman–Crippen LogP) is 3.92. The topological polar surface area (TPSA) is 104 Å². The Morgan fingerprint density at radius 3 is 2.23 bits per heavy atom. The average molecular weight is 566 g/mol. The summed E-state index contributed by atoms with van der Waals surface area (Å²) in [4.78, 5) is 41.2. The molecule has 3 aromatic rings. The normalized spacial score (nSPS) is 14.6. The Hall–Kier alpha value is -4.05. The molecule has 0 radical (unpaired) electrons. The summed E-state index contributed by atoms with van der Waals surface area (Å²) < 4.78 is 40.2. The lowest BCUT2D eigenvalue weighted by atomic mass is 10.0. The molecule has 1 aliphatic heterocycles. The first kappa shape index (κ1) is 28.9. The number of benzene rings is 3. The van der Waals surface area contributed by atoms with Gasteiger partial charge >= 0.3 is 0 Å². The Morgan fingerprint density at radius 2 is 1.57 bits per heavy atom. The van der Waals surface area contributed by atoms with E-state index in [0.29, 0.717) is 5.56 Å². The van der Waals surface area contributed by atoms with E-state index in [0.717, 1.165) is 9.87 Å². The van der Waals surface area contributed by atoms with Gasteiger partial charge in [0.2, 0.25) is 11.8 Å². The Kier molecular flexibility index (Phi) is 8.99. The number of rotatable bonds is 11. The van der Waals surface area contributed by atoms with Crippen LogP contribution in [0.25, 0.3) is 0 Å². The van der Waals surface area contributed by atoms with E-state index < -0.39 is 27.8 Å². The minimum Gasteiger partial charge on any atom is -0.352 e. The second-order valence-corrected chi connectivity index (χ2v) is 11.8. The molecule has 0 fully saturated rings. The molecule has 1 atom stereocenters. The second-order valence-electron chi connectivity index (χ2n) is 10.00. The van der Waals surface area contributed by atoms with E-state index >= 15 is 0 Å². The molecule has 0 unspecified atom stereocenters. The van der Waals surface area contributed by atoms with Crippen molar-refractivity contribution in [3.05, 3.63) is 101 Å². The number of nitrogens with one attached hydrogen (secondary N) is 1. The number of hydrogen-bond donors (Lipinski definition) is 1. The molecule has 210 valence electrons. The lowest BCUT2D eigenvalue weighted by molar-refractivity contribution is -0.141. The van der Waals surface area contributed by atoms with Crippen LogP contribution in [0.3, 0.4) is 0 Å². The minimum absolute atomic E-state index is 0.0439. The molecule has 4 rings (SSSR count). The maximum Gasteiger partial charge on any atom is 0.269 e. The van der Waals surface area contributed by atoms with E-state index in [-0.39, 0.29) is 60.7 Å². The lowest BCUT2D eigenvalue weighted by Gasteiger charge is -2.32. The van der Waals surface area contributed by atoms with Gasteiger partial charge in [-0.25, -0.2) is 17.1 Å². The van der Waals surface area contributed by atoms with E-state index in [9.17, 15) is 27.2 Å². The van der Waals surface area contributed by atoms with Crippen LogP contribution in [0.2, 0.25) is 0 Å². The molecule has 0 aliphatic carbocycles. The number of fused-ring (bicyclic) bond motifs is 1. The van der Waals surface area contributed by atoms with Crippen molar-refractivity contribution in [2.24, 2.45) is 0 Å². The first-order valence-electron chi connectivity index (χ1n) is 13.1. The fourth-order valence-corrected chi connectivity index (χ4v) is 6.30. The van der Waals surface area contributed by atoms with E-state index in [2.05, 4.69) is 5.32 Å². The molecular formula is C30H32FN3O5S. The van der Waals surface area contributed by atoms with Crippen LogP contribution in [0.1, 0.15) is 48.2 Å². The van der Waals surface area contributed by atoms with Crippen molar-refractivity contribution >= 4 is 27.7 Å². The van der Waals surface area contributed by atoms with Crippen LogP contribution in [0.5, 0.6) is 0 Å². The van der Waals surface area contributed by atoms with Crippen molar-refractivity contribution in [3.63, 3.8) is 0 Å². The number of carbonyl (C=O) groups excluding carboxylic acids is 3. The van der Waals surface area contributed by atoms with Gasteiger partial charge in [-0.1, -0.05) is 54.6 Å². The standard InChI is InChI=1S/C30H32FN3O5S/c1-21(2)32-29(36)26(19-22-9-4-3-5-10-22)33(20-23-14-16-24(31)17-15-23)28(35)13-8-18-34-30(37)25-11-6-7-12-27(25)40(34,38)39/h3-7,9-12,14-17,21,26H,8,13,18-20H2,1-2H3,(H,32,36)/t26-/m1/s1. The zero-order valence-electron chi connectivity index (χ0n) is 22.4. The van der Waals surface area contributed by atoms with Crippen molar-refractivity contribution in [2.75, 3.05) is 6.54 Å². The summed E-state index contributed by atoms with van der Waals surface area (Å²) >= 11 is 0. The van der Waals surface area contributed by atoms with Crippen molar-refractivity contribution in [2.45, 2.75) is 56.6 Å². The second kappa shape index (κ2) is 12.4. The van der Waals surface area contributed by atoms with E-state index in [1.54, 1.807) is 24.3 Å². The Labute approximate surface area is 233 Å². The maximum absolute atomic E-state index is 13.7. The van der Waals surface area contributed by atoms with Crippen LogP contribution in [0.15, 0.2) is 83.8 Å². The zero-order chi connectivity index (χ0) is 28.9. The van der Waals surface area contributed by atoms with Gasteiger partial charge in [-0.05, 0) is 55.7 Å². The number of amides is 3. The summed E-state index contributed by atoms with van der Waals surface area (Å²) in [5.74, 6) is -1.75. The van der Waals surface area contributed by atoms with Gasteiger partial charge in [-0.2, -0.15) is 0 Å². The average Bonchev–Trinajstić information content (AvgIpc) is 3.12. The molecular weight excluding hydrogens is 533 g/mol. The predicted molar refractivity (Wildman–Crippen MR) is 148 cm³/mol. The molecule has 3 aromatic carbocycles. The third-order valence-electron chi connectivity index (χ3n) is 6.63. The summed E-state index contributed by atoms with van der Waals surface area (Å²) in [6, 6.07) is 20.0. The molecule has 1 N–H and O–H groups in total. The molecule has 0 aromatic heterocycles. The largest absolute Gasteiger partial charge is 0.352 e. The molecule has 8 nitrogen and oxygen atoms in total. The van der Waals surface area contributed by atoms with Crippen molar-refractivity contribution in [3.8, 4) is 0 Å². The molecule has 10 heteroatoms. The minimum atomic E-state index is -3.99. The van der Waals surface area contributed by atoms with Gasteiger partial charge in [-0.3, -0.25) is 14.4 Å². The third-order valence-corrected chi connectivity index (χ3v) is 8.47. The van der Waals surface area contributed by atoms with Gasteiger partial charge in [0.05, 0.1) is 5.56 Å². The molecule has 40 heavy (non-hydrogen) atoms. The highest BCUT2D eigenvalue weighted by molar-refractivity contribution is 7.90. The fraction of sp³-hybridized carbons (Fsp3) is 0.300. The van der Waals surface area contributed by atoms with Crippen LogP contribution < -0.4 is 5.32 Å². The molecule has 0 spiro atoms. The van der Waals surface area contributed by atoms with Gasteiger partial charge < -0.3 is 10.2 Å². The SMILES string of the molecule is CC(C)NC(=O)[C@@H](Cc1ccccc1)N(Cc1ccc(F)cc1)C(=O)CCCN1C(=O)c2ccccc2S1(=O)=O.